The molecule has 7 nitrogen and oxygen atoms in total. The van der Waals surface area contributed by atoms with Crippen LogP contribution in [0.15, 0.2) is 54.6 Å². The van der Waals surface area contributed by atoms with E-state index in [9.17, 15) is 4.79 Å². The van der Waals surface area contributed by atoms with E-state index < -0.39 is 0 Å². The third kappa shape index (κ3) is 3.89. The SMILES string of the molecule is COc1cccc(-c2cc(C(=O)N3CCN(c4ccccc4OC)CC3)[nH]n2)c1. The van der Waals surface area contributed by atoms with Crippen LogP contribution < -0.4 is 14.4 Å². The number of rotatable bonds is 5. The molecule has 4 rings (SSSR count). The molecule has 1 saturated heterocycles. The average Bonchev–Trinajstić information content (AvgIpc) is 3.29. The fraction of sp³-hybridized carbons (Fsp3) is 0.273. The summed E-state index contributed by atoms with van der Waals surface area (Å²) < 4.78 is 10.7. The number of piperazine rings is 1. The van der Waals surface area contributed by atoms with Gasteiger partial charge < -0.3 is 19.3 Å². The number of carbonyl (C=O) groups is 1. The van der Waals surface area contributed by atoms with Crippen molar-refractivity contribution >= 4 is 11.6 Å². The van der Waals surface area contributed by atoms with Crippen LogP contribution in [0.1, 0.15) is 10.5 Å². The van der Waals surface area contributed by atoms with E-state index in [0.717, 1.165) is 41.5 Å². The predicted molar refractivity (Wildman–Crippen MR) is 112 cm³/mol. The van der Waals surface area contributed by atoms with E-state index in [1.807, 2.05) is 53.4 Å². The van der Waals surface area contributed by atoms with Crippen LogP contribution in [0.2, 0.25) is 0 Å². The first kappa shape index (κ1) is 18.9. The van der Waals surface area contributed by atoms with Gasteiger partial charge in [-0.15, -0.1) is 0 Å². The quantitative estimate of drug-likeness (QED) is 0.723. The molecule has 1 aromatic heterocycles. The van der Waals surface area contributed by atoms with Crippen molar-refractivity contribution in [1.82, 2.24) is 15.1 Å². The summed E-state index contributed by atoms with van der Waals surface area (Å²) in [4.78, 5) is 17.0. The van der Waals surface area contributed by atoms with Gasteiger partial charge >= 0.3 is 0 Å². The molecule has 3 aromatic rings. The Bertz CT molecular complexity index is 993. The van der Waals surface area contributed by atoms with Crippen molar-refractivity contribution in [3.05, 3.63) is 60.3 Å². The summed E-state index contributed by atoms with van der Waals surface area (Å²) in [6, 6.07) is 17.4. The molecule has 0 aliphatic carbocycles. The van der Waals surface area contributed by atoms with Crippen molar-refractivity contribution in [1.29, 1.82) is 0 Å². The third-order valence-electron chi connectivity index (χ3n) is 5.17. The van der Waals surface area contributed by atoms with Crippen LogP contribution in [-0.4, -0.2) is 61.4 Å². The van der Waals surface area contributed by atoms with Gasteiger partial charge in [-0.05, 0) is 30.3 Å². The van der Waals surface area contributed by atoms with Gasteiger partial charge in [0.15, 0.2) is 0 Å². The molecule has 0 spiro atoms. The molecule has 1 aliphatic heterocycles. The molecule has 2 aromatic carbocycles. The number of aromatic amines is 1. The van der Waals surface area contributed by atoms with E-state index in [4.69, 9.17) is 9.47 Å². The van der Waals surface area contributed by atoms with Gasteiger partial charge in [0.2, 0.25) is 0 Å². The zero-order chi connectivity index (χ0) is 20.2. The molecule has 1 fully saturated rings. The van der Waals surface area contributed by atoms with Crippen molar-refractivity contribution in [3.63, 3.8) is 0 Å². The predicted octanol–water partition coefficient (Wildman–Crippen LogP) is 3.06. The van der Waals surface area contributed by atoms with Crippen LogP contribution in [0.25, 0.3) is 11.3 Å². The van der Waals surface area contributed by atoms with E-state index in [0.29, 0.717) is 18.8 Å². The Labute approximate surface area is 169 Å². The lowest BCUT2D eigenvalue weighted by molar-refractivity contribution is 0.0740. The van der Waals surface area contributed by atoms with Crippen LogP contribution in [-0.2, 0) is 0 Å². The molecule has 0 unspecified atom stereocenters. The Morgan fingerprint density at radius 3 is 2.52 bits per heavy atom. The Morgan fingerprint density at radius 1 is 0.966 bits per heavy atom. The first-order chi connectivity index (χ1) is 14.2. The molecule has 1 amide bonds. The number of benzene rings is 2. The minimum atomic E-state index is -0.0358. The number of nitrogens with one attached hydrogen (secondary N) is 1. The summed E-state index contributed by atoms with van der Waals surface area (Å²) in [5.41, 5.74) is 3.18. The number of nitrogens with zero attached hydrogens (tertiary/aromatic N) is 3. The molecule has 0 saturated carbocycles. The second kappa shape index (κ2) is 8.26. The minimum absolute atomic E-state index is 0.0358. The molecule has 2 heterocycles. The maximum atomic E-state index is 12.9. The second-order valence-electron chi connectivity index (χ2n) is 6.85. The van der Waals surface area contributed by atoms with Crippen LogP contribution in [0, 0.1) is 0 Å². The van der Waals surface area contributed by atoms with Crippen LogP contribution in [0.3, 0.4) is 0 Å². The molecule has 29 heavy (non-hydrogen) atoms. The van der Waals surface area contributed by atoms with E-state index in [2.05, 4.69) is 15.1 Å². The zero-order valence-corrected chi connectivity index (χ0v) is 16.6. The monoisotopic (exact) mass is 392 g/mol. The van der Waals surface area contributed by atoms with Gasteiger partial charge in [-0.3, -0.25) is 9.89 Å². The minimum Gasteiger partial charge on any atom is -0.497 e. The summed E-state index contributed by atoms with van der Waals surface area (Å²) in [7, 11) is 3.31. The summed E-state index contributed by atoms with van der Waals surface area (Å²) in [6.07, 6.45) is 0. The Morgan fingerprint density at radius 2 is 1.76 bits per heavy atom. The number of hydrogen-bond acceptors (Lipinski definition) is 5. The van der Waals surface area contributed by atoms with E-state index in [-0.39, 0.29) is 5.91 Å². The number of anilines is 1. The number of ether oxygens (including phenoxy) is 2. The highest BCUT2D eigenvalue weighted by atomic mass is 16.5. The third-order valence-corrected chi connectivity index (χ3v) is 5.17. The molecule has 1 N–H and O–H groups in total. The highest BCUT2D eigenvalue weighted by Crippen LogP contribution is 2.28. The molecule has 150 valence electrons. The lowest BCUT2D eigenvalue weighted by atomic mass is 10.1. The molecule has 0 bridgehead atoms. The number of hydrogen-bond donors (Lipinski definition) is 1. The summed E-state index contributed by atoms with van der Waals surface area (Å²) >= 11 is 0. The van der Waals surface area contributed by atoms with Gasteiger partial charge in [-0.1, -0.05) is 24.3 Å². The highest BCUT2D eigenvalue weighted by molar-refractivity contribution is 5.93. The summed E-state index contributed by atoms with van der Waals surface area (Å²) in [5, 5.41) is 7.19. The van der Waals surface area contributed by atoms with Crippen LogP contribution >= 0.6 is 0 Å². The fourth-order valence-corrected chi connectivity index (χ4v) is 3.57. The van der Waals surface area contributed by atoms with Crippen molar-refractivity contribution in [3.8, 4) is 22.8 Å². The number of aromatic nitrogens is 2. The Hall–Kier alpha value is -3.48. The van der Waals surface area contributed by atoms with Crippen molar-refractivity contribution in [2.24, 2.45) is 0 Å². The van der Waals surface area contributed by atoms with Crippen molar-refractivity contribution < 1.29 is 14.3 Å². The number of para-hydroxylation sites is 2. The molecule has 7 heteroatoms. The van der Waals surface area contributed by atoms with E-state index >= 15 is 0 Å². The first-order valence-corrected chi connectivity index (χ1v) is 9.56. The maximum absolute atomic E-state index is 12.9. The van der Waals surface area contributed by atoms with Gasteiger partial charge in [0.25, 0.3) is 5.91 Å². The Kier molecular flexibility index (Phi) is 5.37. The molecule has 0 atom stereocenters. The topological polar surface area (TPSA) is 70.7 Å². The maximum Gasteiger partial charge on any atom is 0.272 e. The normalized spacial score (nSPS) is 14.0. The summed E-state index contributed by atoms with van der Waals surface area (Å²) in [6.45, 7) is 2.79. The number of carbonyl (C=O) groups excluding carboxylic acids is 1. The second-order valence-corrected chi connectivity index (χ2v) is 6.85. The van der Waals surface area contributed by atoms with Crippen molar-refractivity contribution in [2.75, 3.05) is 45.3 Å². The molecular formula is C22H24N4O3. The van der Waals surface area contributed by atoms with Gasteiger partial charge in [0.1, 0.15) is 17.2 Å². The van der Waals surface area contributed by atoms with Gasteiger partial charge in [0.05, 0.1) is 25.6 Å². The van der Waals surface area contributed by atoms with Gasteiger partial charge in [0, 0.05) is 31.7 Å². The first-order valence-electron chi connectivity index (χ1n) is 9.56. The smallest absolute Gasteiger partial charge is 0.272 e. The van der Waals surface area contributed by atoms with Crippen molar-refractivity contribution in [2.45, 2.75) is 0 Å². The lowest BCUT2D eigenvalue weighted by Crippen LogP contribution is -2.49. The van der Waals surface area contributed by atoms with Crippen LogP contribution in [0.4, 0.5) is 5.69 Å². The number of H-pyrrole nitrogens is 1. The molecule has 0 radical (unpaired) electrons. The van der Waals surface area contributed by atoms with Gasteiger partial charge in [-0.25, -0.2) is 0 Å². The fourth-order valence-electron chi connectivity index (χ4n) is 3.57. The lowest BCUT2D eigenvalue weighted by Gasteiger charge is -2.36. The van der Waals surface area contributed by atoms with E-state index in [1.165, 1.54) is 0 Å². The van der Waals surface area contributed by atoms with Crippen LogP contribution in [0.5, 0.6) is 11.5 Å². The largest absolute Gasteiger partial charge is 0.497 e. The number of amides is 1. The number of methoxy groups -OCH3 is 2. The zero-order valence-electron chi connectivity index (χ0n) is 16.6. The molecular weight excluding hydrogens is 368 g/mol. The standard InChI is InChI=1S/C22H24N4O3/c1-28-17-7-5-6-16(14-17)18-15-19(24-23-18)22(27)26-12-10-25(11-13-26)20-8-3-4-9-21(20)29-2/h3-9,14-15H,10-13H2,1-2H3,(H,23,24). The highest BCUT2D eigenvalue weighted by Gasteiger charge is 2.25. The van der Waals surface area contributed by atoms with Gasteiger partial charge in [-0.2, -0.15) is 5.10 Å². The average molecular weight is 392 g/mol. The Balaban J connectivity index is 1.43. The van der Waals surface area contributed by atoms with E-state index in [1.54, 1.807) is 20.3 Å². The summed E-state index contributed by atoms with van der Waals surface area (Å²) in [5.74, 6) is 1.57. The molecule has 1 aliphatic rings.